The number of rotatable bonds is 3. The van der Waals surface area contributed by atoms with Crippen LogP contribution in [-0.4, -0.2) is 101 Å². The molecule has 0 aliphatic carbocycles. The summed E-state index contributed by atoms with van der Waals surface area (Å²) in [4.78, 5) is 7.81. The lowest BCUT2D eigenvalue weighted by Gasteiger charge is -2.65. The molecule has 0 saturated carbocycles. The van der Waals surface area contributed by atoms with E-state index in [0.29, 0.717) is 0 Å². The molecular formula is C30H57N6O3-3. The molecule has 0 aromatic heterocycles. The van der Waals surface area contributed by atoms with E-state index in [1.54, 1.807) is 0 Å². The van der Waals surface area contributed by atoms with Gasteiger partial charge in [0.2, 0.25) is 0 Å². The third-order valence-electron chi connectivity index (χ3n) is 10.3. The van der Waals surface area contributed by atoms with Crippen LogP contribution >= 0.6 is 0 Å². The van der Waals surface area contributed by atoms with Gasteiger partial charge in [-0.15, -0.1) is 0 Å². The maximum Gasteiger partial charge on any atom is 0.0535 e. The minimum absolute atomic E-state index is 0.284. The van der Waals surface area contributed by atoms with E-state index < -0.39 is 33.2 Å². The van der Waals surface area contributed by atoms with Crippen LogP contribution in [-0.2, 0) is 0 Å². The monoisotopic (exact) mass is 549 g/mol. The molecule has 4 aliphatic rings. The van der Waals surface area contributed by atoms with Crippen molar-refractivity contribution in [3.05, 3.63) is 15.6 Å². The molecule has 0 aromatic rings. The van der Waals surface area contributed by atoms with Crippen LogP contribution in [0, 0.1) is 15.6 Å². The van der Waals surface area contributed by atoms with Gasteiger partial charge in [-0.1, -0.05) is 0 Å². The van der Waals surface area contributed by atoms with Gasteiger partial charge in [-0.2, -0.15) is 0 Å². The Bertz CT molecular complexity index is 729. The van der Waals surface area contributed by atoms with Gasteiger partial charge in [0.25, 0.3) is 0 Å². The summed E-state index contributed by atoms with van der Waals surface area (Å²) in [6, 6.07) is 0.852. The van der Waals surface area contributed by atoms with Crippen molar-refractivity contribution in [2.45, 2.75) is 173 Å². The van der Waals surface area contributed by atoms with Gasteiger partial charge in [0.1, 0.15) is 0 Å². The Balaban J connectivity index is 1.66. The van der Waals surface area contributed by atoms with Crippen molar-refractivity contribution in [2.24, 2.45) is 0 Å². The van der Waals surface area contributed by atoms with Gasteiger partial charge in [0.05, 0.1) is 20.0 Å². The summed E-state index contributed by atoms with van der Waals surface area (Å²) in [6.45, 7) is 27.5. The van der Waals surface area contributed by atoms with Crippen LogP contribution < -0.4 is 0 Å². The summed E-state index contributed by atoms with van der Waals surface area (Å²) in [5.41, 5.74) is -2.61. The number of hydrogen-bond acceptors (Lipinski definition) is 9. The highest BCUT2D eigenvalue weighted by Gasteiger charge is 2.49. The van der Waals surface area contributed by atoms with Crippen LogP contribution in [0.1, 0.15) is 122 Å². The number of nitrogens with zero attached hydrogens (tertiary/aromatic N) is 6. The zero-order valence-electron chi connectivity index (χ0n) is 27.0. The van der Waals surface area contributed by atoms with E-state index in [9.17, 15) is 15.6 Å². The lowest BCUT2D eigenvalue weighted by Crippen LogP contribution is -2.71. The number of hydrogen-bond donors (Lipinski definition) is 0. The minimum atomic E-state index is -0.435. The maximum atomic E-state index is 13.2. The Labute approximate surface area is 238 Å². The van der Waals surface area contributed by atoms with Crippen LogP contribution in [0.3, 0.4) is 0 Å². The SMILES string of the molecule is CC1(C)CC(N2CN(C3CC(C)(C)N([O-])C(C)(C)C3)CN(C3CC(C)(C)N([O-])C(C)(C)C3)C2)CC(C)(C)N1[O-]. The fourth-order valence-electron chi connectivity index (χ4n) is 8.93. The van der Waals surface area contributed by atoms with E-state index in [1.165, 1.54) is 15.2 Å². The first-order chi connectivity index (χ1) is 17.5. The van der Waals surface area contributed by atoms with Crippen molar-refractivity contribution in [3.63, 3.8) is 0 Å². The average molecular weight is 550 g/mol. The zero-order valence-corrected chi connectivity index (χ0v) is 27.0. The highest BCUT2D eigenvalue weighted by molar-refractivity contribution is 5.08. The molecule has 9 nitrogen and oxygen atoms in total. The molecule has 4 heterocycles. The molecule has 4 saturated heterocycles. The van der Waals surface area contributed by atoms with E-state index in [0.717, 1.165) is 58.5 Å². The number of hydroxylamine groups is 6. The lowest BCUT2D eigenvalue weighted by molar-refractivity contribution is -0.148. The summed E-state index contributed by atoms with van der Waals surface area (Å²) < 4.78 is 0. The van der Waals surface area contributed by atoms with Gasteiger partial charge in [-0.3, -0.25) is 14.7 Å². The van der Waals surface area contributed by atoms with Gasteiger partial charge in [-0.05, 0) is 122 Å². The third kappa shape index (κ3) is 5.95. The van der Waals surface area contributed by atoms with E-state index in [2.05, 4.69) is 97.8 Å². The van der Waals surface area contributed by atoms with Crippen molar-refractivity contribution in [1.29, 1.82) is 0 Å². The molecule has 39 heavy (non-hydrogen) atoms. The first kappa shape index (κ1) is 31.6. The second-order valence-electron chi connectivity index (χ2n) is 17.1. The van der Waals surface area contributed by atoms with Crippen LogP contribution in [0.2, 0.25) is 0 Å². The molecule has 0 amide bonds. The summed E-state index contributed by atoms with van der Waals surface area (Å²) in [5.74, 6) is 0. The molecule has 228 valence electrons. The second-order valence-corrected chi connectivity index (χ2v) is 17.1. The van der Waals surface area contributed by atoms with Crippen LogP contribution in [0.5, 0.6) is 0 Å². The Morgan fingerprint density at radius 2 is 0.513 bits per heavy atom. The van der Waals surface area contributed by atoms with Crippen molar-refractivity contribution in [1.82, 2.24) is 29.9 Å². The van der Waals surface area contributed by atoms with Gasteiger partial charge >= 0.3 is 0 Å². The molecule has 0 atom stereocenters. The Kier molecular flexibility index (Phi) is 7.97. The Morgan fingerprint density at radius 3 is 0.667 bits per heavy atom. The summed E-state index contributed by atoms with van der Waals surface area (Å²) >= 11 is 0. The molecule has 4 aliphatic heterocycles. The second kappa shape index (κ2) is 9.85. The lowest BCUT2D eigenvalue weighted by atomic mass is 9.77. The maximum absolute atomic E-state index is 13.2. The molecule has 0 N–H and O–H groups in total. The molecular weight excluding hydrogens is 492 g/mol. The molecule has 9 heteroatoms. The summed E-state index contributed by atoms with van der Waals surface area (Å²) in [7, 11) is 0. The number of piperidine rings is 3. The molecule has 0 radical (unpaired) electrons. The van der Waals surface area contributed by atoms with Gasteiger partial charge in [0, 0.05) is 51.4 Å². The van der Waals surface area contributed by atoms with Gasteiger partial charge in [0.15, 0.2) is 0 Å². The Hall–Kier alpha value is -0.360. The van der Waals surface area contributed by atoms with Crippen molar-refractivity contribution in [2.75, 3.05) is 20.0 Å². The van der Waals surface area contributed by atoms with Crippen LogP contribution in [0.25, 0.3) is 0 Å². The van der Waals surface area contributed by atoms with Crippen LogP contribution in [0.15, 0.2) is 0 Å². The highest BCUT2D eigenvalue weighted by atomic mass is 16.5. The van der Waals surface area contributed by atoms with E-state index >= 15 is 0 Å². The van der Waals surface area contributed by atoms with Gasteiger partial charge < -0.3 is 30.8 Å². The highest BCUT2D eigenvalue weighted by Crippen LogP contribution is 2.44. The topological polar surface area (TPSA) is 88.6 Å². The predicted molar refractivity (Wildman–Crippen MR) is 159 cm³/mol. The standard InChI is InChI=1S/C30H57N6O3/c1-25(2)13-22(14-26(3,4)34(25)37)31-19-32(23-15-27(5,6)35(38)28(7,8)16-23)21-33(20-31)24-17-29(9,10)36(39)30(11,12)18-24/h22-24H,13-21H2,1-12H3/q-3. The predicted octanol–water partition coefficient (Wildman–Crippen LogP) is 5.34. The molecule has 0 aromatic carbocycles. The summed E-state index contributed by atoms with van der Waals surface area (Å²) in [6.07, 6.45) is 4.96. The van der Waals surface area contributed by atoms with E-state index in [1.807, 2.05) is 0 Å². The van der Waals surface area contributed by atoms with Crippen molar-refractivity contribution in [3.8, 4) is 0 Å². The Morgan fingerprint density at radius 1 is 0.359 bits per heavy atom. The molecule has 0 unspecified atom stereocenters. The third-order valence-corrected chi connectivity index (χ3v) is 10.3. The van der Waals surface area contributed by atoms with E-state index in [-0.39, 0.29) is 18.1 Å². The normalized spacial score (nSPS) is 33.9. The largest absolute Gasteiger partial charge is 0.784 e. The van der Waals surface area contributed by atoms with E-state index in [4.69, 9.17) is 0 Å². The molecule has 4 fully saturated rings. The van der Waals surface area contributed by atoms with Crippen LogP contribution in [0.4, 0.5) is 0 Å². The fraction of sp³-hybridized carbons (Fsp3) is 1.00. The average Bonchev–Trinajstić information content (AvgIpc) is 2.77. The van der Waals surface area contributed by atoms with Crippen molar-refractivity contribution >= 4 is 0 Å². The smallest absolute Gasteiger partial charge is 0.0535 e. The molecule has 0 bridgehead atoms. The molecule has 0 spiro atoms. The van der Waals surface area contributed by atoms with Gasteiger partial charge in [-0.25, -0.2) is 0 Å². The fourth-order valence-corrected chi connectivity index (χ4v) is 8.93. The quantitative estimate of drug-likeness (QED) is 0.463. The summed E-state index contributed by atoms with van der Waals surface area (Å²) in [5, 5.41) is 43.5. The molecule has 4 rings (SSSR count). The first-order valence-electron chi connectivity index (χ1n) is 15.1. The first-order valence-corrected chi connectivity index (χ1v) is 15.1. The van der Waals surface area contributed by atoms with Crippen molar-refractivity contribution < 1.29 is 0 Å². The minimum Gasteiger partial charge on any atom is -0.784 e. The zero-order chi connectivity index (χ0) is 29.6.